The summed E-state index contributed by atoms with van der Waals surface area (Å²) in [5, 5.41) is 9.14. The van der Waals surface area contributed by atoms with Crippen LogP contribution in [-0.2, 0) is 17.6 Å². The molecule has 82 valence electrons. The molecule has 0 bridgehead atoms. The van der Waals surface area contributed by atoms with Crippen LogP contribution in [0.25, 0.3) is 0 Å². The Labute approximate surface area is 88.9 Å². The van der Waals surface area contributed by atoms with E-state index in [1.165, 1.54) is 0 Å². The SMILES string of the molecule is CCc1nc2n(c1C)C(C(=O)O)CCC2. The van der Waals surface area contributed by atoms with Crippen molar-refractivity contribution in [1.82, 2.24) is 9.55 Å². The summed E-state index contributed by atoms with van der Waals surface area (Å²) in [6.07, 6.45) is 3.43. The number of hydrogen-bond donors (Lipinski definition) is 1. The summed E-state index contributed by atoms with van der Waals surface area (Å²) in [6, 6.07) is -0.401. The van der Waals surface area contributed by atoms with E-state index in [-0.39, 0.29) is 0 Å². The van der Waals surface area contributed by atoms with Crippen molar-refractivity contribution in [1.29, 1.82) is 0 Å². The van der Waals surface area contributed by atoms with E-state index in [1.807, 2.05) is 11.5 Å². The van der Waals surface area contributed by atoms with Crippen LogP contribution >= 0.6 is 0 Å². The lowest BCUT2D eigenvalue weighted by Gasteiger charge is -2.22. The van der Waals surface area contributed by atoms with Gasteiger partial charge in [-0.1, -0.05) is 6.92 Å². The summed E-state index contributed by atoms with van der Waals surface area (Å²) in [6.45, 7) is 4.02. The molecule has 4 nitrogen and oxygen atoms in total. The van der Waals surface area contributed by atoms with Gasteiger partial charge in [-0.3, -0.25) is 0 Å². The van der Waals surface area contributed by atoms with Crippen molar-refractivity contribution in [3.63, 3.8) is 0 Å². The minimum absolute atomic E-state index is 0.401. The number of aliphatic carboxylic acids is 1. The Balaban J connectivity index is 2.50. The van der Waals surface area contributed by atoms with Gasteiger partial charge < -0.3 is 9.67 Å². The summed E-state index contributed by atoms with van der Waals surface area (Å²) in [5.74, 6) is 0.210. The molecular formula is C11H16N2O2. The van der Waals surface area contributed by atoms with Gasteiger partial charge >= 0.3 is 5.97 Å². The molecule has 0 fully saturated rings. The first-order valence-electron chi connectivity index (χ1n) is 5.44. The maximum Gasteiger partial charge on any atom is 0.326 e. The normalized spacial score (nSPS) is 20.0. The molecule has 0 saturated carbocycles. The molecule has 0 spiro atoms. The predicted octanol–water partition coefficient (Wildman–Crippen LogP) is 1.72. The first-order chi connectivity index (χ1) is 7.15. The van der Waals surface area contributed by atoms with Gasteiger partial charge in [-0.25, -0.2) is 9.78 Å². The van der Waals surface area contributed by atoms with E-state index in [4.69, 9.17) is 5.11 Å². The highest BCUT2D eigenvalue weighted by molar-refractivity contribution is 5.72. The minimum Gasteiger partial charge on any atom is -0.480 e. The van der Waals surface area contributed by atoms with Gasteiger partial charge in [0.15, 0.2) is 0 Å². The van der Waals surface area contributed by atoms with Gasteiger partial charge in [-0.05, 0) is 26.2 Å². The predicted molar refractivity (Wildman–Crippen MR) is 56.0 cm³/mol. The average Bonchev–Trinajstić information content (AvgIpc) is 2.55. The summed E-state index contributed by atoms with van der Waals surface area (Å²) < 4.78 is 1.91. The van der Waals surface area contributed by atoms with Crippen LogP contribution in [0.1, 0.15) is 43.0 Å². The fourth-order valence-electron chi connectivity index (χ4n) is 2.36. The van der Waals surface area contributed by atoms with Crippen LogP contribution in [0.3, 0.4) is 0 Å². The molecule has 0 amide bonds. The fraction of sp³-hybridized carbons (Fsp3) is 0.636. The van der Waals surface area contributed by atoms with Crippen LogP contribution in [0.5, 0.6) is 0 Å². The van der Waals surface area contributed by atoms with Gasteiger partial charge in [-0.2, -0.15) is 0 Å². The van der Waals surface area contributed by atoms with E-state index in [9.17, 15) is 4.79 Å². The van der Waals surface area contributed by atoms with E-state index in [1.54, 1.807) is 0 Å². The second kappa shape index (κ2) is 3.68. The number of imidazole rings is 1. The average molecular weight is 208 g/mol. The molecule has 0 radical (unpaired) electrons. The largest absolute Gasteiger partial charge is 0.480 e. The van der Waals surface area contributed by atoms with Crippen LogP contribution in [-0.4, -0.2) is 20.6 Å². The van der Waals surface area contributed by atoms with Gasteiger partial charge in [0.25, 0.3) is 0 Å². The molecule has 1 aliphatic rings. The lowest BCUT2D eigenvalue weighted by molar-refractivity contribution is -0.141. The van der Waals surface area contributed by atoms with Crippen LogP contribution in [0, 0.1) is 6.92 Å². The third-order valence-corrected chi connectivity index (χ3v) is 3.13. The van der Waals surface area contributed by atoms with Gasteiger partial charge in [-0.15, -0.1) is 0 Å². The zero-order valence-corrected chi connectivity index (χ0v) is 9.16. The number of carboxylic acids is 1. The van der Waals surface area contributed by atoms with Crippen LogP contribution in [0.2, 0.25) is 0 Å². The first kappa shape index (κ1) is 10.2. The highest BCUT2D eigenvalue weighted by Crippen LogP contribution is 2.28. The molecule has 1 aliphatic heterocycles. The highest BCUT2D eigenvalue weighted by Gasteiger charge is 2.28. The van der Waals surface area contributed by atoms with E-state index < -0.39 is 12.0 Å². The lowest BCUT2D eigenvalue weighted by Crippen LogP contribution is -2.25. The molecule has 1 N–H and O–H groups in total. The van der Waals surface area contributed by atoms with Gasteiger partial charge in [0.1, 0.15) is 11.9 Å². The zero-order chi connectivity index (χ0) is 11.0. The third kappa shape index (κ3) is 1.54. The molecule has 4 heteroatoms. The molecule has 2 rings (SSSR count). The highest BCUT2D eigenvalue weighted by atomic mass is 16.4. The lowest BCUT2D eigenvalue weighted by atomic mass is 10.0. The van der Waals surface area contributed by atoms with Crippen molar-refractivity contribution >= 4 is 5.97 Å². The molecule has 0 aliphatic carbocycles. The Morgan fingerprint density at radius 1 is 1.67 bits per heavy atom. The van der Waals surface area contributed by atoms with Crippen molar-refractivity contribution in [2.45, 2.75) is 45.6 Å². The quantitative estimate of drug-likeness (QED) is 0.805. The van der Waals surface area contributed by atoms with Gasteiger partial charge in [0, 0.05) is 12.1 Å². The standard InChI is InChI=1S/C11H16N2O2/c1-3-8-7(2)13-9(11(14)15)5-4-6-10(13)12-8/h9H,3-6H2,1-2H3,(H,14,15). The monoisotopic (exact) mass is 208 g/mol. The summed E-state index contributed by atoms with van der Waals surface area (Å²) in [7, 11) is 0. The van der Waals surface area contributed by atoms with Gasteiger partial charge in [0.05, 0.1) is 5.69 Å². The first-order valence-corrected chi connectivity index (χ1v) is 5.44. The Kier molecular flexibility index (Phi) is 2.50. The molecule has 0 saturated heterocycles. The molecule has 1 aromatic heterocycles. The number of aromatic nitrogens is 2. The molecule has 1 unspecified atom stereocenters. The van der Waals surface area contributed by atoms with E-state index in [0.717, 1.165) is 42.9 Å². The number of carboxylic acid groups (broad SMARTS) is 1. The number of carbonyl (C=O) groups is 1. The Bertz CT molecular complexity index is 396. The van der Waals surface area contributed by atoms with Crippen molar-refractivity contribution in [3.05, 3.63) is 17.2 Å². The zero-order valence-electron chi connectivity index (χ0n) is 9.16. The number of rotatable bonds is 2. The number of nitrogens with zero attached hydrogens (tertiary/aromatic N) is 2. The minimum atomic E-state index is -0.737. The molecule has 15 heavy (non-hydrogen) atoms. The molecular weight excluding hydrogens is 192 g/mol. The maximum absolute atomic E-state index is 11.1. The van der Waals surface area contributed by atoms with Crippen molar-refractivity contribution in [2.24, 2.45) is 0 Å². The van der Waals surface area contributed by atoms with Gasteiger partial charge in [0.2, 0.25) is 0 Å². The summed E-state index contributed by atoms with van der Waals surface area (Å²) >= 11 is 0. The Morgan fingerprint density at radius 2 is 2.40 bits per heavy atom. The number of fused-ring (bicyclic) bond motifs is 1. The van der Waals surface area contributed by atoms with Crippen molar-refractivity contribution < 1.29 is 9.90 Å². The Morgan fingerprint density at radius 3 is 3.00 bits per heavy atom. The summed E-state index contributed by atoms with van der Waals surface area (Å²) in [5.41, 5.74) is 2.07. The van der Waals surface area contributed by atoms with Crippen LogP contribution < -0.4 is 0 Å². The second-order valence-corrected chi connectivity index (χ2v) is 4.03. The molecule has 1 aromatic rings. The fourth-order valence-corrected chi connectivity index (χ4v) is 2.36. The van der Waals surface area contributed by atoms with Crippen LogP contribution in [0.4, 0.5) is 0 Å². The molecule has 2 heterocycles. The van der Waals surface area contributed by atoms with E-state index in [0.29, 0.717) is 0 Å². The molecule has 0 aromatic carbocycles. The van der Waals surface area contributed by atoms with Crippen molar-refractivity contribution in [3.8, 4) is 0 Å². The van der Waals surface area contributed by atoms with Crippen LogP contribution in [0.15, 0.2) is 0 Å². The Hall–Kier alpha value is -1.32. The smallest absolute Gasteiger partial charge is 0.326 e. The molecule has 1 atom stereocenters. The third-order valence-electron chi connectivity index (χ3n) is 3.13. The van der Waals surface area contributed by atoms with E-state index >= 15 is 0 Å². The second-order valence-electron chi connectivity index (χ2n) is 4.03. The number of hydrogen-bond acceptors (Lipinski definition) is 2. The van der Waals surface area contributed by atoms with E-state index in [2.05, 4.69) is 11.9 Å². The van der Waals surface area contributed by atoms with Crippen molar-refractivity contribution in [2.75, 3.05) is 0 Å². The number of aryl methyl sites for hydroxylation is 2. The maximum atomic E-state index is 11.1. The topological polar surface area (TPSA) is 55.1 Å². The summed E-state index contributed by atoms with van der Waals surface area (Å²) in [4.78, 5) is 15.6.